The van der Waals surface area contributed by atoms with Crippen molar-refractivity contribution < 1.29 is 14.3 Å². The molecule has 3 aromatic rings. The minimum Gasteiger partial charge on any atom is -0.465 e. The average Bonchev–Trinajstić information content (AvgIpc) is 2.73. The van der Waals surface area contributed by atoms with Gasteiger partial charge in [-0.3, -0.25) is 4.79 Å². The molecular formula is C23H24N2O3. The van der Waals surface area contributed by atoms with E-state index < -0.39 is 5.97 Å². The molecule has 144 valence electrons. The van der Waals surface area contributed by atoms with Crippen LogP contribution in [0.25, 0.3) is 10.8 Å². The number of ether oxygens (including phenoxy) is 1. The number of carbonyl (C=O) groups is 2. The molecule has 0 saturated carbocycles. The molecule has 0 bridgehead atoms. The van der Waals surface area contributed by atoms with E-state index in [2.05, 4.69) is 39.2 Å². The Morgan fingerprint density at radius 2 is 1.57 bits per heavy atom. The van der Waals surface area contributed by atoms with E-state index in [9.17, 15) is 9.59 Å². The number of nitrogens with one attached hydrogen (secondary N) is 1. The number of amides is 1. The SMILES string of the molecule is COC(=O)c1ccc(C(=O)NC[C@H](c2cccc3ccccc23)N(C)C)cc1. The third-order valence-electron chi connectivity index (χ3n) is 4.83. The fourth-order valence-electron chi connectivity index (χ4n) is 3.28. The zero-order valence-corrected chi connectivity index (χ0v) is 16.3. The van der Waals surface area contributed by atoms with Crippen LogP contribution < -0.4 is 5.32 Å². The Labute approximate surface area is 164 Å². The number of methoxy groups -OCH3 is 1. The molecule has 0 aliphatic rings. The zero-order chi connectivity index (χ0) is 20.1. The average molecular weight is 376 g/mol. The Balaban J connectivity index is 1.76. The quantitative estimate of drug-likeness (QED) is 0.667. The third kappa shape index (κ3) is 4.21. The van der Waals surface area contributed by atoms with Crippen LogP contribution in [0.15, 0.2) is 66.7 Å². The topological polar surface area (TPSA) is 58.6 Å². The van der Waals surface area contributed by atoms with Crippen LogP contribution in [0.1, 0.15) is 32.3 Å². The molecule has 3 rings (SSSR count). The first-order chi connectivity index (χ1) is 13.5. The first kappa shape index (κ1) is 19.6. The fraction of sp³-hybridized carbons (Fsp3) is 0.217. The molecule has 1 atom stereocenters. The molecule has 0 aliphatic heterocycles. The standard InChI is InChI=1S/C23H24N2O3/c1-25(2)21(20-10-6-8-16-7-4-5-9-19(16)20)15-24-22(26)17-11-13-18(14-12-17)23(27)28-3/h4-14,21H,15H2,1-3H3,(H,24,26)/t21-/m1/s1. The van der Waals surface area contributed by atoms with Crippen LogP contribution in [0.2, 0.25) is 0 Å². The van der Waals surface area contributed by atoms with Gasteiger partial charge in [-0.2, -0.15) is 0 Å². The van der Waals surface area contributed by atoms with Crippen LogP contribution in [0.3, 0.4) is 0 Å². The summed E-state index contributed by atoms with van der Waals surface area (Å²) in [5, 5.41) is 5.37. The first-order valence-corrected chi connectivity index (χ1v) is 9.12. The van der Waals surface area contributed by atoms with E-state index >= 15 is 0 Å². The summed E-state index contributed by atoms with van der Waals surface area (Å²) in [5.74, 6) is -0.598. The highest BCUT2D eigenvalue weighted by Gasteiger charge is 2.18. The summed E-state index contributed by atoms with van der Waals surface area (Å²) in [5.41, 5.74) is 2.09. The van der Waals surface area contributed by atoms with Gasteiger partial charge in [-0.25, -0.2) is 4.79 Å². The van der Waals surface area contributed by atoms with Crippen molar-refractivity contribution in [3.63, 3.8) is 0 Å². The minimum absolute atomic E-state index is 0.0318. The van der Waals surface area contributed by atoms with Crippen LogP contribution >= 0.6 is 0 Å². The number of nitrogens with zero attached hydrogens (tertiary/aromatic N) is 1. The summed E-state index contributed by atoms with van der Waals surface area (Å²) >= 11 is 0. The van der Waals surface area contributed by atoms with E-state index in [0.717, 1.165) is 0 Å². The second kappa shape index (κ2) is 8.67. The Bertz CT molecular complexity index is 975. The molecule has 1 N–H and O–H groups in total. The van der Waals surface area contributed by atoms with Gasteiger partial charge < -0.3 is 15.0 Å². The predicted octanol–water partition coefficient (Wildman–Crippen LogP) is 3.66. The largest absolute Gasteiger partial charge is 0.465 e. The molecule has 0 saturated heterocycles. The third-order valence-corrected chi connectivity index (χ3v) is 4.83. The Kier molecular flexibility index (Phi) is 6.06. The summed E-state index contributed by atoms with van der Waals surface area (Å²) in [6.07, 6.45) is 0. The molecule has 5 nitrogen and oxygen atoms in total. The van der Waals surface area contributed by atoms with Crippen molar-refractivity contribution in [2.75, 3.05) is 27.7 Å². The monoisotopic (exact) mass is 376 g/mol. The zero-order valence-electron chi connectivity index (χ0n) is 16.3. The maximum atomic E-state index is 12.6. The van der Waals surface area contributed by atoms with Gasteiger partial charge in [0.05, 0.1) is 18.7 Å². The van der Waals surface area contributed by atoms with Crippen molar-refractivity contribution in [1.82, 2.24) is 10.2 Å². The number of fused-ring (bicyclic) bond motifs is 1. The van der Waals surface area contributed by atoms with Crippen LogP contribution in [0.5, 0.6) is 0 Å². The number of carbonyl (C=O) groups excluding carboxylic acids is 2. The Morgan fingerprint density at radius 3 is 2.25 bits per heavy atom. The highest BCUT2D eigenvalue weighted by Crippen LogP contribution is 2.26. The molecular weight excluding hydrogens is 352 g/mol. The van der Waals surface area contributed by atoms with Crippen molar-refractivity contribution in [1.29, 1.82) is 0 Å². The van der Waals surface area contributed by atoms with Crippen LogP contribution in [0, 0.1) is 0 Å². The van der Waals surface area contributed by atoms with Crippen molar-refractivity contribution >= 4 is 22.6 Å². The molecule has 28 heavy (non-hydrogen) atoms. The lowest BCUT2D eigenvalue weighted by Crippen LogP contribution is -2.34. The predicted molar refractivity (Wildman–Crippen MR) is 110 cm³/mol. The second-order valence-corrected chi connectivity index (χ2v) is 6.83. The van der Waals surface area contributed by atoms with E-state index in [0.29, 0.717) is 17.7 Å². The lowest BCUT2D eigenvalue weighted by Gasteiger charge is -2.26. The molecule has 5 heteroatoms. The molecule has 0 fully saturated rings. The van der Waals surface area contributed by atoms with Crippen molar-refractivity contribution in [2.45, 2.75) is 6.04 Å². The molecule has 0 spiro atoms. The molecule has 0 radical (unpaired) electrons. The van der Waals surface area contributed by atoms with Crippen LogP contribution in [-0.4, -0.2) is 44.5 Å². The molecule has 1 amide bonds. The van der Waals surface area contributed by atoms with Crippen molar-refractivity contribution in [3.8, 4) is 0 Å². The lowest BCUT2D eigenvalue weighted by molar-refractivity contribution is 0.0600. The Hall–Kier alpha value is -3.18. The number of rotatable bonds is 6. The maximum Gasteiger partial charge on any atom is 0.337 e. The van der Waals surface area contributed by atoms with Gasteiger partial charge in [0, 0.05) is 12.1 Å². The lowest BCUT2D eigenvalue weighted by atomic mass is 9.98. The molecule has 0 aliphatic carbocycles. The number of esters is 1. The highest BCUT2D eigenvalue weighted by atomic mass is 16.5. The summed E-state index contributed by atoms with van der Waals surface area (Å²) < 4.78 is 4.68. The van der Waals surface area contributed by atoms with Gasteiger partial charge in [0.25, 0.3) is 5.91 Å². The van der Waals surface area contributed by atoms with Gasteiger partial charge in [-0.1, -0.05) is 42.5 Å². The van der Waals surface area contributed by atoms with E-state index in [4.69, 9.17) is 0 Å². The summed E-state index contributed by atoms with van der Waals surface area (Å²) in [7, 11) is 5.34. The van der Waals surface area contributed by atoms with Gasteiger partial charge in [0.1, 0.15) is 0 Å². The van der Waals surface area contributed by atoms with Gasteiger partial charge >= 0.3 is 5.97 Å². The molecule has 0 heterocycles. The molecule has 0 unspecified atom stereocenters. The summed E-state index contributed by atoms with van der Waals surface area (Å²) in [4.78, 5) is 26.2. The number of likely N-dealkylation sites (N-methyl/N-ethyl adjacent to an activating group) is 1. The highest BCUT2D eigenvalue weighted by molar-refractivity contribution is 5.96. The second-order valence-electron chi connectivity index (χ2n) is 6.83. The number of hydrogen-bond donors (Lipinski definition) is 1. The smallest absolute Gasteiger partial charge is 0.337 e. The van der Waals surface area contributed by atoms with E-state index in [-0.39, 0.29) is 11.9 Å². The van der Waals surface area contributed by atoms with E-state index in [1.807, 2.05) is 32.3 Å². The summed E-state index contributed by atoms with van der Waals surface area (Å²) in [6, 6.07) is 21.0. The first-order valence-electron chi connectivity index (χ1n) is 9.12. The van der Waals surface area contributed by atoms with Crippen molar-refractivity contribution in [2.24, 2.45) is 0 Å². The van der Waals surface area contributed by atoms with Gasteiger partial charge in [0.2, 0.25) is 0 Å². The molecule has 0 aromatic heterocycles. The minimum atomic E-state index is -0.421. The van der Waals surface area contributed by atoms with E-state index in [1.165, 1.54) is 23.4 Å². The maximum absolute atomic E-state index is 12.6. The van der Waals surface area contributed by atoms with Gasteiger partial charge in [0.15, 0.2) is 0 Å². The fourth-order valence-corrected chi connectivity index (χ4v) is 3.28. The van der Waals surface area contributed by atoms with Crippen LogP contribution in [0.4, 0.5) is 0 Å². The van der Waals surface area contributed by atoms with Gasteiger partial charge in [-0.15, -0.1) is 0 Å². The molecule has 3 aromatic carbocycles. The number of hydrogen-bond acceptors (Lipinski definition) is 4. The van der Waals surface area contributed by atoms with E-state index in [1.54, 1.807) is 24.3 Å². The normalized spacial score (nSPS) is 12.0. The van der Waals surface area contributed by atoms with Crippen molar-refractivity contribution in [3.05, 3.63) is 83.4 Å². The number of benzene rings is 3. The van der Waals surface area contributed by atoms with Crippen LogP contribution in [-0.2, 0) is 4.74 Å². The Morgan fingerprint density at radius 1 is 0.929 bits per heavy atom. The summed E-state index contributed by atoms with van der Waals surface area (Å²) in [6.45, 7) is 0.471. The van der Waals surface area contributed by atoms with Gasteiger partial charge in [-0.05, 0) is 54.7 Å².